The van der Waals surface area contributed by atoms with Crippen LogP contribution in [-0.2, 0) is 0 Å². The van der Waals surface area contributed by atoms with E-state index in [1.165, 1.54) is 6.20 Å². The van der Waals surface area contributed by atoms with Crippen LogP contribution in [0.25, 0.3) is 17.0 Å². The number of hydrogen-bond acceptors (Lipinski definition) is 8. The normalized spacial score (nSPS) is 19.5. The van der Waals surface area contributed by atoms with E-state index >= 15 is 0 Å². The van der Waals surface area contributed by atoms with Crippen LogP contribution in [-0.4, -0.2) is 52.0 Å². The first-order valence-electron chi connectivity index (χ1n) is 13.4. The second-order valence-corrected chi connectivity index (χ2v) is 11.1. The van der Waals surface area contributed by atoms with Crippen LogP contribution in [0.5, 0.6) is 0 Å². The molecule has 0 radical (unpaired) electrons. The van der Waals surface area contributed by atoms with Crippen molar-refractivity contribution in [2.24, 2.45) is 5.92 Å². The van der Waals surface area contributed by atoms with Gasteiger partial charge in [-0.2, -0.15) is 15.5 Å². The predicted molar refractivity (Wildman–Crippen MR) is 144 cm³/mol. The number of amides is 1. The Morgan fingerprint density at radius 1 is 1.05 bits per heavy atom. The molecule has 0 aromatic carbocycles. The third-order valence-corrected chi connectivity index (χ3v) is 7.76. The lowest BCUT2D eigenvalue weighted by Gasteiger charge is -2.36. The molecule has 6 rings (SSSR count). The number of imidazole rings is 1. The van der Waals surface area contributed by atoms with E-state index in [0.717, 1.165) is 44.2 Å². The van der Waals surface area contributed by atoms with Crippen LogP contribution in [0.4, 0.5) is 11.4 Å². The quantitative estimate of drug-likeness (QED) is 0.328. The number of hydrogen-bond donors (Lipinski definition) is 3. The fourth-order valence-electron chi connectivity index (χ4n) is 5.30. The maximum atomic E-state index is 13.5. The van der Waals surface area contributed by atoms with Crippen molar-refractivity contribution >= 4 is 22.9 Å². The van der Waals surface area contributed by atoms with Gasteiger partial charge in [0.25, 0.3) is 5.91 Å². The third kappa shape index (κ3) is 5.20. The van der Waals surface area contributed by atoms with Gasteiger partial charge in [0.15, 0.2) is 5.65 Å². The molecule has 0 bridgehead atoms. The van der Waals surface area contributed by atoms with Gasteiger partial charge in [0.05, 0.1) is 58.4 Å². The summed E-state index contributed by atoms with van der Waals surface area (Å²) in [7, 11) is 0. The highest BCUT2D eigenvalue weighted by molar-refractivity contribution is 6.00. The number of anilines is 2. The predicted octanol–water partition coefficient (Wildman–Crippen LogP) is 4.00. The van der Waals surface area contributed by atoms with Gasteiger partial charge in [-0.1, -0.05) is 0 Å². The van der Waals surface area contributed by atoms with Gasteiger partial charge in [-0.25, -0.2) is 9.50 Å². The van der Waals surface area contributed by atoms with Crippen LogP contribution in [0.3, 0.4) is 0 Å². The number of rotatable bonds is 7. The van der Waals surface area contributed by atoms with Gasteiger partial charge < -0.3 is 15.7 Å². The van der Waals surface area contributed by atoms with Gasteiger partial charge in [0.2, 0.25) is 0 Å². The van der Waals surface area contributed by atoms with Crippen LogP contribution in [0.1, 0.15) is 74.3 Å². The summed E-state index contributed by atoms with van der Waals surface area (Å²) < 4.78 is 3.57. The number of pyridine rings is 1. The fourth-order valence-corrected chi connectivity index (χ4v) is 5.30. The summed E-state index contributed by atoms with van der Waals surface area (Å²) in [6.07, 6.45) is 14.1. The van der Waals surface area contributed by atoms with Crippen molar-refractivity contribution < 1.29 is 9.90 Å². The number of carbonyl (C=O) groups excluding carboxylic acids is 1. The first kappa shape index (κ1) is 25.0. The smallest absolute Gasteiger partial charge is 0.255 e. The van der Waals surface area contributed by atoms with Gasteiger partial charge in [-0.15, -0.1) is 0 Å². The number of nitrogens with one attached hydrogen (secondary N) is 2. The minimum atomic E-state index is -0.709. The molecule has 4 heterocycles. The highest BCUT2D eigenvalue weighted by atomic mass is 16.3. The largest absolute Gasteiger partial charge is 0.390 e. The molecule has 0 atom stereocenters. The highest BCUT2D eigenvalue weighted by Crippen LogP contribution is 2.36. The molecule has 39 heavy (non-hydrogen) atoms. The van der Waals surface area contributed by atoms with Crippen LogP contribution >= 0.6 is 0 Å². The summed E-state index contributed by atoms with van der Waals surface area (Å²) in [5.74, 6) is 0.0305. The van der Waals surface area contributed by atoms with Gasteiger partial charge in [-0.3, -0.25) is 14.5 Å². The molecular formula is C28H31N9O2. The van der Waals surface area contributed by atoms with E-state index in [2.05, 4.69) is 36.9 Å². The molecule has 3 N–H and O–H groups in total. The first-order chi connectivity index (χ1) is 18.8. The van der Waals surface area contributed by atoms with E-state index < -0.39 is 5.60 Å². The van der Waals surface area contributed by atoms with Crippen LogP contribution in [0.15, 0.2) is 43.1 Å². The van der Waals surface area contributed by atoms with E-state index in [-0.39, 0.29) is 17.9 Å². The number of nitrogens with zero attached hydrogens (tertiary/aromatic N) is 7. The highest BCUT2D eigenvalue weighted by Gasteiger charge is 2.32. The average molecular weight is 526 g/mol. The van der Waals surface area contributed by atoms with Crippen LogP contribution in [0.2, 0.25) is 0 Å². The number of carbonyl (C=O) groups is 1. The van der Waals surface area contributed by atoms with Gasteiger partial charge in [-0.05, 0) is 64.4 Å². The standard InChI is InChI=1S/C28H31N9O2/c1-28(2,39)18-3-5-19(6-4-18)35-27(38)22-14-30-24(25-15-31-26-9-17(11-29)12-33-37(25)26)10-23(22)34-20-13-32-36(16-20)21-7-8-21/h9-10,12-16,18-19,21,39H,3-8H2,1-2H3,(H,30,34)(H,35,38)/t18-,19-. The Labute approximate surface area is 225 Å². The number of nitriles is 1. The number of fused-ring (bicyclic) bond motifs is 1. The lowest BCUT2D eigenvalue weighted by atomic mass is 9.77. The maximum absolute atomic E-state index is 13.5. The van der Waals surface area contributed by atoms with Gasteiger partial charge in [0.1, 0.15) is 11.8 Å². The summed E-state index contributed by atoms with van der Waals surface area (Å²) in [5, 5.41) is 34.9. The molecule has 0 unspecified atom stereocenters. The molecule has 2 aliphatic rings. The van der Waals surface area contributed by atoms with E-state index in [9.17, 15) is 15.2 Å². The van der Waals surface area contributed by atoms with Crippen molar-refractivity contribution in [1.82, 2.24) is 34.7 Å². The minimum Gasteiger partial charge on any atom is -0.390 e. The SMILES string of the molecule is CC(C)(O)[C@H]1CC[C@H](NC(=O)c2cnc(-c3cnc4cc(C#N)cnn34)cc2Nc2cnn(C3CC3)c2)CC1. The van der Waals surface area contributed by atoms with Gasteiger partial charge in [0, 0.05) is 24.5 Å². The fraction of sp³-hybridized carbons (Fsp3) is 0.429. The average Bonchev–Trinajstić information content (AvgIpc) is 3.52. The Balaban J connectivity index is 1.29. The van der Waals surface area contributed by atoms with E-state index in [1.54, 1.807) is 29.2 Å². The molecule has 1 amide bonds. The number of aromatic nitrogens is 6. The molecular weight excluding hydrogens is 494 g/mol. The molecule has 11 heteroatoms. The molecule has 4 aromatic heterocycles. The van der Waals surface area contributed by atoms with Crippen molar-refractivity contribution in [1.29, 1.82) is 5.26 Å². The number of aliphatic hydroxyl groups is 1. The van der Waals surface area contributed by atoms with E-state index in [4.69, 9.17) is 0 Å². The van der Waals surface area contributed by atoms with E-state index in [1.807, 2.05) is 30.8 Å². The first-order valence-corrected chi connectivity index (χ1v) is 13.4. The summed E-state index contributed by atoms with van der Waals surface area (Å²) in [4.78, 5) is 22.5. The summed E-state index contributed by atoms with van der Waals surface area (Å²) in [6.45, 7) is 3.71. The van der Waals surface area contributed by atoms with Crippen molar-refractivity contribution in [3.8, 4) is 17.5 Å². The monoisotopic (exact) mass is 525 g/mol. The van der Waals surface area contributed by atoms with Crippen LogP contribution in [0, 0.1) is 17.2 Å². The molecule has 2 aliphatic carbocycles. The Hall–Kier alpha value is -4.30. The summed E-state index contributed by atoms with van der Waals surface area (Å²) in [5.41, 5.74) is 3.29. The van der Waals surface area contributed by atoms with Crippen molar-refractivity contribution in [2.45, 2.75) is 70.1 Å². The zero-order chi connectivity index (χ0) is 27.1. The van der Waals surface area contributed by atoms with E-state index in [0.29, 0.717) is 39.9 Å². The zero-order valence-electron chi connectivity index (χ0n) is 22.0. The second kappa shape index (κ2) is 9.78. The van der Waals surface area contributed by atoms with Crippen molar-refractivity contribution in [3.05, 3.63) is 54.2 Å². The van der Waals surface area contributed by atoms with Crippen molar-refractivity contribution in [3.63, 3.8) is 0 Å². The van der Waals surface area contributed by atoms with Gasteiger partial charge >= 0.3 is 0 Å². The zero-order valence-corrected chi connectivity index (χ0v) is 22.0. The molecule has 2 saturated carbocycles. The lowest BCUT2D eigenvalue weighted by Crippen LogP contribution is -2.41. The summed E-state index contributed by atoms with van der Waals surface area (Å²) in [6, 6.07) is 6.04. The molecule has 0 spiro atoms. The Morgan fingerprint density at radius 3 is 2.56 bits per heavy atom. The lowest BCUT2D eigenvalue weighted by molar-refractivity contribution is -0.00257. The Morgan fingerprint density at radius 2 is 1.85 bits per heavy atom. The molecule has 4 aromatic rings. The maximum Gasteiger partial charge on any atom is 0.255 e. The summed E-state index contributed by atoms with van der Waals surface area (Å²) >= 11 is 0. The Bertz CT molecular complexity index is 1560. The third-order valence-electron chi connectivity index (χ3n) is 7.76. The molecule has 2 fully saturated rings. The molecule has 0 aliphatic heterocycles. The molecule has 11 nitrogen and oxygen atoms in total. The molecule has 200 valence electrons. The topological polar surface area (TPSA) is 146 Å². The minimum absolute atomic E-state index is 0.0403. The molecule has 0 saturated heterocycles. The Kier molecular flexibility index (Phi) is 6.27. The van der Waals surface area contributed by atoms with Crippen molar-refractivity contribution in [2.75, 3.05) is 5.32 Å². The second-order valence-electron chi connectivity index (χ2n) is 11.1. The van der Waals surface area contributed by atoms with Crippen LogP contribution < -0.4 is 10.6 Å².